The monoisotopic (exact) mass is 380 g/mol. The van der Waals surface area contributed by atoms with Crippen LogP contribution in [-0.2, 0) is 16.0 Å². The predicted molar refractivity (Wildman–Crippen MR) is 102 cm³/mol. The zero-order valence-electron chi connectivity index (χ0n) is 15.6. The number of fused-ring (bicyclic) bond motifs is 1. The molecule has 0 atom stereocenters. The molecule has 0 fully saturated rings. The van der Waals surface area contributed by atoms with Gasteiger partial charge in [0.2, 0.25) is 0 Å². The number of aryl methyl sites for hydroxylation is 1. The number of carbonyl (C=O) groups is 2. The van der Waals surface area contributed by atoms with Gasteiger partial charge in [-0.1, -0.05) is 11.6 Å². The standard InChI is InChI=1S/C19H25ClN2O4/c1-5-25-17(23)16-12-13-11-14(20)7-8-15(13)22(16)10-6-9-21-18(24)26-19(2,3)4/h7-8,11-12H,5-6,9-10H2,1-4H3,(H,21,24). The molecular weight excluding hydrogens is 356 g/mol. The number of hydrogen-bond acceptors (Lipinski definition) is 4. The first-order chi connectivity index (χ1) is 12.2. The molecule has 1 amide bonds. The SMILES string of the molecule is CCOC(=O)c1cc2cc(Cl)ccc2n1CCCNC(=O)OC(C)(C)C. The van der Waals surface area contributed by atoms with Crippen molar-refractivity contribution in [3.63, 3.8) is 0 Å². The Bertz CT molecular complexity index is 793. The van der Waals surface area contributed by atoms with Crippen molar-refractivity contribution in [1.82, 2.24) is 9.88 Å². The van der Waals surface area contributed by atoms with Crippen LogP contribution in [0.1, 0.15) is 44.6 Å². The Balaban J connectivity index is 2.08. The van der Waals surface area contributed by atoms with Gasteiger partial charge in [0.15, 0.2) is 0 Å². The summed E-state index contributed by atoms with van der Waals surface area (Å²) in [6.07, 6.45) is 0.185. The number of nitrogens with zero attached hydrogens (tertiary/aromatic N) is 1. The lowest BCUT2D eigenvalue weighted by Crippen LogP contribution is -2.33. The van der Waals surface area contributed by atoms with E-state index < -0.39 is 11.7 Å². The number of carbonyl (C=O) groups excluding carboxylic acids is 2. The Kier molecular flexibility index (Phi) is 6.53. The predicted octanol–water partition coefficient (Wildman–Crippen LogP) is 4.39. The lowest BCUT2D eigenvalue weighted by Gasteiger charge is -2.19. The molecule has 0 saturated carbocycles. The third-order valence-corrected chi connectivity index (χ3v) is 3.81. The smallest absolute Gasteiger partial charge is 0.407 e. The van der Waals surface area contributed by atoms with Crippen LogP contribution in [0.25, 0.3) is 10.9 Å². The fraction of sp³-hybridized carbons (Fsp3) is 0.474. The first kappa shape index (κ1) is 20.1. The summed E-state index contributed by atoms with van der Waals surface area (Å²) in [5, 5.41) is 4.20. The zero-order chi connectivity index (χ0) is 19.3. The number of alkyl carbamates (subject to hydrolysis) is 1. The van der Waals surface area contributed by atoms with Gasteiger partial charge in [-0.3, -0.25) is 0 Å². The molecule has 0 aliphatic heterocycles. The highest BCUT2D eigenvalue weighted by atomic mass is 35.5. The van der Waals surface area contributed by atoms with Crippen molar-refractivity contribution in [3.8, 4) is 0 Å². The highest BCUT2D eigenvalue weighted by molar-refractivity contribution is 6.31. The summed E-state index contributed by atoms with van der Waals surface area (Å²) in [4.78, 5) is 24.0. The molecule has 142 valence electrons. The Labute approximate surface area is 158 Å². The topological polar surface area (TPSA) is 69.6 Å². The van der Waals surface area contributed by atoms with Crippen molar-refractivity contribution in [3.05, 3.63) is 35.0 Å². The Hall–Kier alpha value is -2.21. The van der Waals surface area contributed by atoms with E-state index in [0.29, 0.717) is 36.8 Å². The number of nitrogens with one attached hydrogen (secondary N) is 1. The highest BCUT2D eigenvalue weighted by Gasteiger charge is 2.18. The van der Waals surface area contributed by atoms with Crippen LogP contribution in [0.5, 0.6) is 0 Å². The number of esters is 1. The number of halogens is 1. The van der Waals surface area contributed by atoms with Crippen molar-refractivity contribution >= 4 is 34.6 Å². The largest absolute Gasteiger partial charge is 0.461 e. The van der Waals surface area contributed by atoms with E-state index in [9.17, 15) is 9.59 Å². The third-order valence-electron chi connectivity index (χ3n) is 3.57. The molecule has 0 unspecified atom stereocenters. The van der Waals surface area contributed by atoms with Gasteiger partial charge in [-0.2, -0.15) is 0 Å². The van der Waals surface area contributed by atoms with E-state index in [4.69, 9.17) is 21.1 Å². The lowest BCUT2D eigenvalue weighted by molar-refractivity contribution is 0.0503. The molecular formula is C19H25ClN2O4. The summed E-state index contributed by atoms with van der Waals surface area (Å²) in [5.41, 5.74) is 0.841. The van der Waals surface area contributed by atoms with Gasteiger partial charge in [-0.05, 0) is 58.4 Å². The van der Waals surface area contributed by atoms with Crippen LogP contribution in [0, 0.1) is 0 Å². The van der Waals surface area contributed by atoms with Crippen molar-refractivity contribution < 1.29 is 19.1 Å². The van der Waals surface area contributed by atoms with Gasteiger partial charge < -0.3 is 19.4 Å². The fourth-order valence-corrected chi connectivity index (χ4v) is 2.78. The number of aromatic nitrogens is 1. The number of amides is 1. The Morgan fingerprint density at radius 2 is 1.96 bits per heavy atom. The highest BCUT2D eigenvalue weighted by Crippen LogP contribution is 2.24. The molecule has 1 aromatic heterocycles. The van der Waals surface area contributed by atoms with E-state index in [1.165, 1.54) is 0 Å². The number of rotatable bonds is 6. The minimum Gasteiger partial charge on any atom is -0.461 e. The van der Waals surface area contributed by atoms with Gasteiger partial charge in [0.1, 0.15) is 11.3 Å². The summed E-state index contributed by atoms with van der Waals surface area (Å²) < 4.78 is 12.2. The molecule has 0 bridgehead atoms. The molecule has 0 spiro atoms. The Morgan fingerprint density at radius 3 is 2.62 bits per heavy atom. The zero-order valence-corrected chi connectivity index (χ0v) is 16.4. The second-order valence-corrected chi connectivity index (χ2v) is 7.32. The van der Waals surface area contributed by atoms with Crippen LogP contribution in [0.3, 0.4) is 0 Å². The van der Waals surface area contributed by atoms with E-state index in [2.05, 4.69) is 5.32 Å². The maximum Gasteiger partial charge on any atom is 0.407 e. The average molecular weight is 381 g/mol. The van der Waals surface area contributed by atoms with Crippen molar-refractivity contribution in [2.45, 2.75) is 46.3 Å². The van der Waals surface area contributed by atoms with E-state index in [1.54, 1.807) is 19.1 Å². The summed E-state index contributed by atoms with van der Waals surface area (Å²) in [6, 6.07) is 7.26. The Morgan fingerprint density at radius 1 is 1.23 bits per heavy atom. The van der Waals surface area contributed by atoms with Crippen LogP contribution in [0.4, 0.5) is 4.79 Å². The molecule has 2 rings (SSSR count). The molecule has 1 N–H and O–H groups in total. The van der Waals surface area contributed by atoms with Crippen LogP contribution < -0.4 is 5.32 Å². The number of hydrogen-bond donors (Lipinski definition) is 1. The maximum absolute atomic E-state index is 12.3. The van der Waals surface area contributed by atoms with E-state index >= 15 is 0 Å². The minimum absolute atomic E-state index is 0.307. The molecule has 2 aromatic rings. The van der Waals surface area contributed by atoms with Crippen molar-refractivity contribution in [1.29, 1.82) is 0 Å². The van der Waals surface area contributed by atoms with Crippen LogP contribution in [0.2, 0.25) is 5.02 Å². The number of ether oxygens (including phenoxy) is 2. The second-order valence-electron chi connectivity index (χ2n) is 6.89. The first-order valence-electron chi connectivity index (χ1n) is 8.64. The van der Waals surface area contributed by atoms with Gasteiger partial charge in [-0.15, -0.1) is 0 Å². The second kappa shape index (κ2) is 8.45. The third kappa shape index (κ3) is 5.39. The molecule has 0 radical (unpaired) electrons. The van der Waals surface area contributed by atoms with E-state index in [1.807, 2.05) is 37.5 Å². The molecule has 0 aliphatic carbocycles. The summed E-state index contributed by atoms with van der Waals surface area (Å²) in [7, 11) is 0. The van der Waals surface area contributed by atoms with Gasteiger partial charge in [0.05, 0.1) is 6.61 Å². The van der Waals surface area contributed by atoms with E-state index in [0.717, 1.165) is 10.9 Å². The molecule has 0 aliphatic rings. The summed E-state index contributed by atoms with van der Waals surface area (Å²) >= 11 is 6.05. The molecule has 6 nitrogen and oxygen atoms in total. The fourth-order valence-electron chi connectivity index (χ4n) is 2.60. The van der Waals surface area contributed by atoms with Crippen LogP contribution >= 0.6 is 11.6 Å². The molecule has 0 saturated heterocycles. The quantitative estimate of drug-likeness (QED) is 0.596. The van der Waals surface area contributed by atoms with Gasteiger partial charge in [0, 0.05) is 29.0 Å². The molecule has 26 heavy (non-hydrogen) atoms. The van der Waals surface area contributed by atoms with Gasteiger partial charge in [-0.25, -0.2) is 9.59 Å². The van der Waals surface area contributed by atoms with Crippen molar-refractivity contribution in [2.24, 2.45) is 0 Å². The van der Waals surface area contributed by atoms with Gasteiger partial charge in [0.25, 0.3) is 0 Å². The molecule has 7 heteroatoms. The van der Waals surface area contributed by atoms with Crippen molar-refractivity contribution in [2.75, 3.05) is 13.2 Å². The average Bonchev–Trinajstić information content (AvgIpc) is 2.88. The summed E-state index contributed by atoms with van der Waals surface area (Å²) in [5.74, 6) is -0.375. The lowest BCUT2D eigenvalue weighted by atomic mass is 10.2. The van der Waals surface area contributed by atoms with E-state index in [-0.39, 0.29) is 5.97 Å². The maximum atomic E-state index is 12.3. The van der Waals surface area contributed by atoms with Crippen LogP contribution in [-0.4, -0.2) is 35.4 Å². The van der Waals surface area contributed by atoms with Crippen LogP contribution in [0.15, 0.2) is 24.3 Å². The van der Waals surface area contributed by atoms with Gasteiger partial charge >= 0.3 is 12.1 Å². The normalized spacial score (nSPS) is 11.4. The summed E-state index contributed by atoms with van der Waals surface area (Å²) in [6.45, 7) is 8.51. The number of benzene rings is 1. The molecule has 1 heterocycles. The first-order valence-corrected chi connectivity index (χ1v) is 9.02. The molecule has 1 aromatic carbocycles. The minimum atomic E-state index is -0.531.